The first kappa shape index (κ1) is 12.3. The number of pyridine rings is 1. The average molecular weight is 238 g/mol. The molecule has 0 aromatic carbocycles. The number of hydrogen-bond acceptors (Lipinski definition) is 1. The Morgan fingerprint density at radius 2 is 2.00 bits per heavy atom. The van der Waals surface area contributed by atoms with E-state index in [0.29, 0.717) is 0 Å². The highest BCUT2D eigenvalue weighted by atomic mass is 35.5. The maximum atomic E-state index is 12.7. The highest BCUT2D eigenvalue weighted by Gasteiger charge is 2.34. The molecule has 0 aliphatic heterocycles. The molecule has 0 amide bonds. The zero-order chi connectivity index (χ0) is 11.6. The zero-order valence-corrected chi connectivity index (χ0v) is 9.15. The predicted molar refractivity (Wildman–Crippen MR) is 52.9 cm³/mol. The van der Waals surface area contributed by atoms with E-state index >= 15 is 0 Å². The van der Waals surface area contributed by atoms with Crippen molar-refractivity contribution in [3.05, 3.63) is 29.1 Å². The van der Waals surface area contributed by atoms with Crippen LogP contribution in [0.15, 0.2) is 12.3 Å². The molecule has 0 aliphatic carbocycles. The van der Waals surface area contributed by atoms with Crippen molar-refractivity contribution in [3.8, 4) is 0 Å². The summed E-state index contributed by atoms with van der Waals surface area (Å²) in [6, 6.07) is 1.02. The van der Waals surface area contributed by atoms with Crippen molar-refractivity contribution in [2.24, 2.45) is 0 Å². The Hall–Kier alpha value is -0.770. The first-order valence-electron chi connectivity index (χ1n) is 4.48. The van der Waals surface area contributed by atoms with Gasteiger partial charge in [-0.1, -0.05) is 13.8 Å². The number of aromatic nitrogens is 1. The van der Waals surface area contributed by atoms with Gasteiger partial charge in [0.25, 0.3) is 0 Å². The summed E-state index contributed by atoms with van der Waals surface area (Å²) in [4.78, 5) is 3.86. The number of rotatable bonds is 2. The molecule has 84 valence electrons. The minimum atomic E-state index is -4.34. The zero-order valence-electron chi connectivity index (χ0n) is 8.40. The molecule has 1 rings (SSSR count). The molecule has 0 saturated heterocycles. The van der Waals surface area contributed by atoms with Crippen LogP contribution in [0.1, 0.15) is 36.6 Å². The van der Waals surface area contributed by atoms with Crippen molar-refractivity contribution in [2.45, 2.75) is 31.8 Å². The maximum Gasteiger partial charge on any atom is 0.416 e. The van der Waals surface area contributed by atoms with Crippen LogP contribution < -0.4 is 0 Å². The van der Waals surface area contributed by atoms with E-state index in [4.69, 9.17) is 11.6 Å². The monoisotopic (exact) mass is 237 g/mol. The van der Waals surface area contributed by atoms with Gasteiger partial charge in [-0.15, -0.1) is 11.6 Å². The normalized spacial score (nSPS) is 12.2. The third-order valence-electron chi connectivity index (χ3n) is 2.06. The van der Waals surface area contributed by atoms with Crippen molar-refractivity contribution in [2.75, 3.05) is 0 Å². The maximum absolute atomic E-state index is 12.7. The Bertz CT molecular complexity index is 347. The molecule has 0 saturated carbocycles. The second-order valence-electron chi connectivity index (χ2n) is 3.55. The van der Waals surface area contributed by atoms with Gasteiger partial charge in [-0.25, -0.2) is 0 Å². The van der Waals surface area contributed by atoms with Crippen molar-refractivity contribution in [1.82, 2.24) is 4.98 Å². The molecular weight excluding hydrogens is 227 g/mol. The molecular formula is C10H11ClF3N. The minimum Gasteiger partial charge on any atom is -0.260 e. The van der Waals surface area contributed by atoms with Crippen LogP contribution >= 0.6 is 11.6 Å². The molecule has 1 aromatic rings. The van der Waals surface area contributed by atoms with E-state index in [-0.39, 0.29) is 23.1 Å². The predicted octanol–water partition coefficient (Wildman–Crippen LogP) is 3.96. The number of nitrogens with zero attached hydrogens (tertiary/aromatic N) is 1. The van der Waals surface area contributed by atoms with Gasteiger partial charge in [-0.05, 0) is 17.5 Å². The molecule has 5 heteroatoms. The van der Waals surface area contributed by atoms with Crippen LogP contribution in [0.4, 0.5) is 13.2 Å². The third kappa shape index (κ3) is 2.84. The lowest BCUT2D eigenvalue weighted by Gasteiger charge is -2.15. The number of hydrogen-bond donors (Lipinski definition) is 0. The van der Waals surface area contributed by atoms with Gasteiger partial charge in [0, 0.05) is 6.20 Å². The molecule has 15 heavy (non-hydrogen) atoms. The summed E-state index contributed by atoms with van der Waals surface area (Å²) in [5.41, 5.74) is -0.187. The average Bonchev–Trinajstić information content (AvgIpc) is 2.15. The Morgan fingerprint density at radius 1 is 1.40 bits per heavy atom. The number of alkyl halides is 4. The van der Waals surface area contributed by atoms with E-state index in [1.54, 1.807) is 13.8 Å². The van der Waals surface area contributed by atoms with Gasteiger partial charge in [-0.2, -0.15) is 13.2 Å². The van der Waals surface area contributed by atoms with Gasteiger partial charge < -0.3 is 0 Å². The lowest BCUT2D eigenvalue weighted by atomic mass is 9.98. The number of halogens is 4. The molecule has 0 aliphatic rings. The molecule has 0 N–H and O–H groups in total. The van der Waals surface area contributed by atoms with Gasteiger partial charge in [0.2, 0.25) is 0 Å². The Balaban J connectivity index is 3.29. The summed E-state index contributed by atoms with van der Waals surface area (Å²) in [6.45, 7) is 3.40. The van der Waals surface area contributed by atoms with E-state index in [1.807, 2.05) is 0 Å². The second kappa shape index (κ2) is 4.39. The summed E-state index contributed by atoms with van der Waals surface area (Å²) >= 11 is 5.45. The Morgan fingerprint density at radius 3 is 2.40 bits per heavy atom. The summed E-state index contributed by atoms with van der Waals surface area (Å²) in [5, 5.41) is 0. The first-order chi connectivity index (χ1) is 6.86. The third-order valence-corrected chi connectivity index (χ3v) is 2.33. The summed E-state index contributed by atoms with van der Waals surface area (Å²) in [7, 11) is 0. The fraction of sp³-hybridized carbons (Fsp3) is 0.500. The van der Waals surface area contributed by atoms with E-state index < -0.39 is 11.7 Å². The van der Waals surface area contributed by atoms with Crippen LogP contribution in [0.5, 0.6) is 0 Å². The van der Waals surface area contributed by atoms with Crippen LogP contribution in [0.25, 0.3) is 0 Å². The van der Waals surface area contributed by atoms with E-state index in [0.717, 1.165) is 6.07 Å². The van der Waals surface area contributed by atoms with Gasteiger partial charge in [0.15, 0.2) is 0 Å². The van der Waals surface area contributed by atoms with Crippen LogP contribution in [0, 0.1) is 0 Å². The van der Waals surface area contributed by atoms with E-state index in [2.05, 4.69) is 4.98 Å². The van der Waals surface area contributed by atoms with Crippen molar-refractivity contribution >= 4 is 11.6 Å². The summed E-state index contributed by atoms with van der Waals surface area (Å²) in [6.07, 6.45) is -3.09. The molecule has 0 unspecified atom stereocenters. The minimum absolute atomic E-state index is 0.0124. The topological polar surface area (TPSA) is 12.9 Å². The standard InChI is InChI=1S/C10H11ClF3N/c1-6(2)8-5-15-7(4-11)3-9(8)10(12,13)14/h3,5-6H,4H2,1-2H3. The van der Waals surface area contributed by atoms with Crippen molar-refractivity contribution in [3.63, 3.8) is 0 Å². The lowest BCUT2D eigenvalue weighted by Crippen LogP contribution is -2.11. The van der Waals surface area contributed by atoms with Gasteiger partial charge in [-0.3, -0.25) is 4.98 Å². The van der Waals surface area contributed by atoms with Gasteiger partial charge in [0.1, 0.15) is 0 Å². The van der Waals surface area contributed by atoms with E-state index in [1.165, 1.54) is 6.20 Å². The molecule has 0 spiro atoms. The highest BCUT2D eigenvalue weighted by Crippen LogP contribution is 2.35. The highest BCUT2D eigenvalue weighted by molar-refractivity contribution is 6.16. The fourth-order valence-corrected chi connectivity index (χ4v) is 1.43. The van der Waals surface area contributed by atoms with Crippen LogP contribution in [0.3, 0.4) is 0 Å². The molecule has 0 atom stereocenters. The van der Waals surface area contributed by atoms with Crippen molar-refractivity contribution in [1.29, 1.82) is 0 Å². The molecule has 0 bridgehead atoms. The van der Waals surface area contributed by atoms with Gasteiger partial charge >= 0.3 is 6.18 Å². The van der Waals surface area contributed by atoms with Crippen LogP contribution in [0.2, 0.25) is 0 Å². The molecule has 0 radical (unpaired) electrons. The van der Waals surface area contributed by atoms with Crippen molar-refractivity contribution < 1.29 is 13.2 Å². The fourth-order valence-electron chi connectivity index (χ4n) is 1.29. The largest absolute Gasteiger partial charge is 0.416 e. The van der Waals surface area contributed by atoms with E-state index in [9.17, 15) is 13.2 Å². The lowest BCUT2D eigenvalue weighted by molar-refractivity contribution is -0.138. The Kier molecular flexibility index (Phi) is 3.60. The summed E-state index contributed by atoms with van der Waals surface area (Å²) in [5.74, 6) is -0.222. The Labute approximate surface area is 91.3 Å². The SMILES string of the molecule is CC(C)c1cnc(CCl)cc1C(F)(F)F. The first-order valence-corrected chi connectivity index (χ1v) is 5.01. The molecule has 0 fully saturated rings. The summed E-state index contributed by atoms with van der Waals surface area (Å²) < 4.78 is 38.0. The van der Waals surface area contributed by atoms with Crippen LogP contribution in [-0.2, 0) is 12.1 Å². The van der Waals surface area contributed by atoms with Gasteiger partial charge in [0.05, 0.1) is 17.1 Å². The smallest absolute Gasteiger partial charge is 0.260 e. The van der Waals surface area contributed by atoms with Crippen LogP contribution in [-0.4, -0.2) is 4.98 Å². The molecule has 1 nitrogen and oxygen atoms in total. The molecule has 1 heterocycles. The molecule has 1 aromatic heterocycles. The second-order valence-corrected chi connectivity index (χ2v) is 3.82. The quantitative estimate of drug-likeness (QED) is 0.710.